The molecule has 3 nitrogen and oxygen atoms in total. The summed E-state index contributed by atoms with van der Waals surface area (Å²) in [5.74, 6) is 0. The molecule has 0 spiro atoms. The van der Waals surface area contributed by atoms with Gasteiger partial charge in [-0.3, -0.25) is 0 Å². The second kappa shape index (κ2) is 6.65. The molecule has 0 aliphatic rings. The van der Waals surface area contributed by atoms with Gasteiger partial charge in [-0.15, -0.1) is 11.3 Å². The Morgan fingerprint density at radius 2 is 2.30 bits per heavy atom. The second-order valence-corrected chi connectivity index (χ2v) is 6.94. The van der Waals surface area contributed by atoms with E-state index in [0.29, 0.717) is 4.99 Å². The number of nitrogens with zero attached hydrogens (tertiary/aromatic N) is 1. The van der Waals surface area contributed by atoms with Gasteiger partial charge in [0.2, 0.25) is 0 Å². The predicted molar refractivity (Wildman–Crippen MR) is 93.6 cm³/mol. The molecule has 20 heavy (non-hydrogen) atoms. The van der Waals surface area contributed by atoms with E-state index in [4.69, 9.17) is 18.0 Å². The number of thiocarbonyl (C=S) groups is 1. The molecule has 0 fully saturated rings. The average molecular weight is 370 g/mol. The molecular weight excluding hydrogens is 354 g/mol. The number of benzene rings is 1. The maximum atomic E-state index is 5.78. The van der Waals surface area contributed by atoms with Gasteiger partial charge in [0.1, 0.15) is 10.00 Å². The van der Waals surface area contributed by atoms with Gasteiger partial charge in [-0.2, -0.15) is 0 Å². The number of thiazole rings is 1. The monoisotopic (exact) mass is 369 g/mol. The first-order chi connectivity index (χ1) is 9.51. The number of halogens is 1. The van der Waals surface area contributed by atoms with Gasteiger partial charge in [-0.1, -0.05) is 35.1 Å². The molecule has 1 aromatic carbocycles. The van der Waals surface area contributed by atoms with E-state index in [-0.39, 0.29) is 6.04 Å². The topological polar surface area (TPSA) is 50.9 Å². The van der Waals surface area contributed by atoms with Gasteiger partial charge >= 0.3 is 0 Å². The highest BCUT2D eigenvalue weighted by molar-refractivity contribution is 9.10. The van der Waals surface area contributed by atoms with Crippen molar-refractivity contribution in [1.29, 1.82) is 0 Å². The van der Waals surface area contributed by atoms with Gasteiger partial charge < -0.3 is 11.1 Å². The van der Waals surface area contributed by atoms with Crippen molar-refractivity contribution in [2.45, 2.75) is 26.3 Å². The number of hydrogen-bond donors (Lipinski definition) is 2. The molecule has 1 aromatic heterocycles. The van der Waals surface area contributed by atoms with Crippen LogP contribution in [0.5, 0.6) is 0 Å². The van der Waals surface area contributed by atoms with Crippen molar-refractivity contribution >= 4 is 50.2 Å². The number of hydrogen-bond acceptors (Lipinski definition) is 4. The molecule has 0 saturated heterocycles. The minimum Gasteiger partial charge on any atom is -0.389 e. The Bertz CT molecular complexity index is 625. The fraction of sp³-hybridized carbons (Fsp3) is 0.286. The van der Waals surface area contributed by atoms with Crippen molar-refractivity contribution in [1.82, 2.24) is 4.98 Å². The molecule has 0 amide bonds. The Balaban J connectivity index is 2.23. The maximum Gasteiger partial charge on any atom is 0.115 e. The van der Waals surface area contributed by atoms with Crippen molar-refractivity contribution < 1.29 is 0 Å². The summed E-state index contributed by atoms with van der Waals surface area (Å²) in [6.07, 6.45) is 2.95. The van der Waals surface area contributed by atoms with E-state index in [0.717, 1.165) is 27.2 Å². The van der Waals surface area contributed by atoms with Gasteiger partial charge in [-0.05, 0) is 31.5 Å². The van der Waals surface area contributed by atoms with Crippen LogP contribution >= 0.6 is 39.5 Å². The summed E-state index contributed by atoms with van der Waals surface area (Å²) < 4.78 is 0.959. The third kappa shape index (κ3) is 3.56. The van der Waals surface area contributed by atoms with Crippen molar-refractivity contribution in [3.63, 3.8) is 0 Å². The van der Waals surface area contributed by atoms with E-state index in [1.54, 1.807) is 11.3 Å². The highest BCUT2D eigenvalue weighted by Crippen LogP contribution is 2.27. The molecule has 106 valence electrons. The molecule has 2 aromatic rings. The minimum atomic E-state index is 0.120. The Morgan fingerprint density at radius 1 is 1.55 bits per heavy atom. The highest BCUT2D eigenvalue weighted by Gasteiger charge is 2.13. The molecule has 0 radical (unpaired) electrons. The van der Waals surface area contributed by atoms with E-state index in [9.17, 15) is 0 Å². The fourth-order valence-corrected chi connectivity index (χ4v) is 3.22. The molecule has 0 aliphatic carbocycles. The molecule has 1 atom stereocenters. The minimum absolute atomic E-state index is 0.120. The van der Waals surface area contributed by atoms with Crippen LogP contribution in [0.1, 0.15) is 35.3 Å². The Hall–Kier alpha value is -0.980. The lowest BCUT2D eigenvalue weighted by atomic mass is 10.1. The number of nitrogens with two attached hydrogens (primary N) is 1. The average Bonchev–Trinajstić information content (AvgIpc) is 2.89. The summed E-state index contributed by atoms with van der Waals surface area (Å²) in [5, 5.41) is 4.50. The smallest absolute Gasteiger partial charge is 0.115 e. The Kier molecular flexibility index (Phi) is 5.12. The number of aryl methyl sites for hydroxylation is 1. The molecular formula is C14H16BrN3S2. The molecule has 0 saturated carbocycles. The first kappa shape index (κ1) is 15.4. The van der Waals surface area contributed by atoms with Gasteiger partial charge in [0, 0.05) is 26.8 Å². The van der Waals surface area contributed by atoms with Gasteiger partial charge in [0.15, 0.2) is 0 Å². The van der Waals surface area contributed by atoms with Crippen LogP contribution in [0.2, 0.25) is 0 Å². The number of nitrogens with one attached hydrogen (secondary N) is 1. The SMILES string of the molecule is CCc1cnc(C(C)Nc2ccc(Br)cc2C(N)=S)s1. The Morgan fingerprint density at radius 3 is 2.90 bits per heavy atom. The summed E-state index contributed by atoms with van der Waals surface area (Å²) in [6, 6.07) is 5.99. The van der Waals surface area contributed by atoms with Crippen LogP contribution in [0.4, 0.5) is 5.69 Å². The zero-order valence-corrected chi connectivity index (χ0v) is 14.5. The summed E-state index contributed by atoms with van der Waals surface area (Å²) in [7, 11) is 0. The van der Waals surface area contributed by atoms with Crippen molar-refractivity contribution in [2.24, 2.45) is 5.73 Å². The van der Waals surface area contributed by atoms with E-state index in [2.05, 4.69) is 40.1 Å². The number of rotatable bonds is 5. The zero-order valence-electron chi connectivity index (χ0n) is 11.3. The highest BCUT2D eigenvalue weighted by atomic mass is 79.9. The zero-order chi connectivity index (χ0) is 14.7. The summed E-state index contributed by atoms with van der Waals surface area (Å²) in [5.41, 5.74) is 7.55. The quantitative estimate of drug-likeness (QED) is 0.772. The van der Waals surface area contributed by atoms with Crippen molar-refractivity contribution in [3.05, 3.63) is 44.3 Å². The number of anilines is 1. The van der Waals surface area contributed by atoms with Gasteiger partial charge in [0.25, 0.3) is 0 Å². The van der Waals surface area contributed by atoms with Crippen LogP contribution in [0.3, 0.4) is 0 Å². The molecule has 1 unspecified atom stereocenters. The van der Waals surface area contributed by atoms with Crippen LogP contribution in [0.15, 0.2) is 28.9 Å². The van der Waals surface area contributed by atoms with E-state index < -0.39 is 0 Å². The molecule has 0 aliphatic heterocycles. The van der Waals surface area contributed by atoms with Crippen LogP contribution < -0.4 is 11.1 Å². The lowest BCUT2D eigenvalue weighted by molar-refractivity contribution is 0.869. The van der Waals surface area contributed by atoms with Crippen LogP contribution in [0, 0.1) is 0 Å². The predicted octanol–water partition coefficient (Wildman–Crippen LogP) is 4.28. The fourth-order valence-electron chi connectivity index (χ4n) is 1.83. The normalized spacial score (nSPS) is 12.2. The lowest BCUT2D eigenvalue weighted by Crippen LogP contribution is -2.15. The van der Waals surface area contributed by atoms with Crippen LogP contribution in [-0.4, -0.2) is 9.97 Å². The van der Waals surface area contributed by atoms with Crippen LogP contribution in [0.25, 0.3) is 0 Å². The standard InChI is InChI=1S/C14H16BrN3S2/c1-3-10-7-17-14(20-10)8(2)18-12-5-4-9(15)6-11(12)13(16)19/h4-8,18H,3H2,1-2H3,(H2,16,19). The molecule has 6 heteroatoms. The second-order valence-electron chi connectivity index (χ2n) is 4.44. The largest absolute Gasteiger partial charge is 0.389 e. The first-order valence-corrected chi connectivity index (χ1v) is 8.33. The third-order valence-electron chi connectivity index (χ3n) is 2.91. The van der Waals surface area contributed by atoms with E-state index >= 15 is 0 Å². The van der Waals surface area contributed by atoms with Gasteiger partial charge in [0.05, 0.1) is 6.04 Å². The van der Waals surface area contributed by atoms with Crippen LogP contribution in [-0.2, 0) is 6.42 Å². The number of aromatic nitrogens is 1. The van der Waals surface area contributed by atoms with E-state index in [1.807, 2.05) is 24.4 Å². The molecule has 0 bridgehead atoms. The summed E-state index contributed by atoms with van der Waals surface area (Å²) >= 11 is 10.3. The Labute approximate surface area is 136 Å². The molecule has 1 heterocycles. The van der Waals surface area contributed by atoms with E-state index in [1.165, 1.54) is 4.88 Å². The van der Waals surface area contributed by atoms with Crippen molar-refractivity contribution in [3.8, 4) is 0 Å². The summed E-state index contributed by atoms with van der Waals surface area (Å²) in [4.78, 5) is 6.13. The third-order valence-corrected chi connectivity index (χ3v) is 4.95. The maximum absolute atomic E-state index is 5.78. The van der Waals surface area contributed by atoms with Gasteiger partial charge in [-0.25, -0.2) is 4.98 Å². The van der Waals surface area contributed by atoms with Crippen molar-refractivity contribution in [2.75, 3.05) is 5.32 Å². The summed E-state index contributed by atoms with van der Waals surface area (Å²) in [6.45, 7) is 4.22. The lowest BCUT2D eigenvalue weighted by Gasteiger charge is -2.16. The molecule has 2 rings (SSSR count). The molecule has 3 N–H and O–H groups in total. The first-order valence-electron chi connectivity index (χ1n) is 6.31.